The molecule has 0 unspecified atom stereocenters. The van der Waals surface area contributed by atoms with Crippen LogP contribution in [-0.2, 0) is 16.6 Å². The van der Waals surface area contributed by atoms with E-state index in [4.69, 9.17) is 21.1 Å². The van der Waals surface area contributed by atoms with Gasteiger partial charge in [-0.2, -0.15) is 5.10 Å². The van der Waals surface area contributed by atoms with Crippen molar-refractivity contribution in [3.63, 3.8) is 0 Å². The summed E-state index contributed by atoms with van der Waals surface area (Å²) in [6.07, 6.45) is 6.09. The van der Waals surface area contributed by atoms with E-state index < -0.39 is 5.97 Å². The van der Waals surface area contributed by atoms with Gasteiger partial charge in [-0.3, -0.25) is 9.48 Å². The first kappa shape index (κ1) is 21.3. The number of aromatic nitrogens is 3. The molecule has 7 nitrogen and oxygen atoms in total. The van der Waals surface area contributed by atoms with Crippen LogP contribution in [0.1, 0.15) is 28.5 Å². The van der Waals surface area contributed by atoms with E-state index in [0.717, 1.165) is 0 Å². The highest BCUT2D eigenvalue weighted by molar-refractivity contribution is 6.30. The molecule has 0 aliphatic carbocycles. The Hall–Kier alpha value is -3.45. The van der Waals surface area contributed by atoms with Crippen LogP contribution in [0.25, 0.3) is 17.2 Å². The second-order valence-electron chi connectivity index (χ2n) is 6.27. The van der Waals surface area contributed by atoms with Crippen molar-refractivity contribution in [2.75, 3.05) is 13.7 Å². The summed E-state index contributed by atoms with van der Waals surface area (Å²) in [5, 5.41) is 4.80. The van der Waals surface area contributed by atoms with E-state index >= 15 is 0 Å². The molecule has 30 heavy (non-hydrogen) atoms. The van der Waals surface area contributed by atoms with E-state index in [1.54, 1.807) is 62.8 Å². The molecule has 0 aliphatic rings. The van der Waals surface area contributed by atoms with Gasteiger partial charge >= 0.3 is 5.97 Å². The van der Waals surface area contributed by atoms with Gasteiger partial charge < -0.3 is 9.47 Å². The Morgan fingerprint density at radius 2 is 1.90 bits per heavy atom. The molecule has 0 N–H and O–H groups in total. The van der Waals surface area contributed by atoms with Crippen LogP contribution >= 0.6 is 11.6 Å². The summed E-state index contributed by atoms with van der Waals surface area (Å²) in [7, 11) is 3.19. The Morgan fingerprint density at radius 3 is 2.57 bits per heavy atom. The van der Waals surface area contributed by atoms with E-state index in [9.17, 15) is 9.59 Å². The van der Waals surface area contributed by atoms with Crippen LogP contribution in [0.4, 0.5) is 0 Å². The lowest BCUT2D eigenvalue weighted by molar-refractivity contribution is -0.137. The number of hydrogen-bond acceptors (Lipinski definition) is 6. The molecule has 1 aromatic carbocycles. The molecule has 0 amide bonds. The van der Waals surface area contributed by atoms with Gasteiger partial charge in [0.15, 0.2) is 0 Å². The average molecular weight is 426 g/mol. The number of hydrogen-bond donors (Lipinski definition) is 0. The smallest absolute Gasteiger partial charge is 0.330 e. The Kier molecular flexibility index (Phi) is 6.64. The van der Waals surface area contributed by atoms with Crippen LogP contribution in [0.3, 0.4) is 0 Å². The van der Waals surface area contributed by atoms with Gasteiger partial charge in [-0.1, -0.05) is 11.6 Å². The predicted molar refractivity (Wildman–Crippen MR) is 114 cm³/mol. The first-order valence-electron chi connectivity index (χ1n) is 9.16. The number of nitrogens with zero attached hydrogens (tertiary/aromatic N) is 3. The highest BCUT2D eigenvalue weighted by Gasteiger charge is 2.21. The molecule has 154 valence electrons. The maximum atomic E-state index is 13.2. The molecule has 0 atom stereocenters. The zero-order valence-electron chi connectivity index (χ0n) is 16.8. The van der Waals surface area contributed by atoms with Gasteiger partial charge in [0, 0.05) is 47.1 Å². The molecule has 3 rings (SSSR count). The Morgan fingerprint density at radius 1 is 1.17 bits per heavy atom. The molecule has 8 heteroatoms. The lowest BCUT2D eigenvalue weighted by Gasteiger charge is -2.10. The van der Waals surface area contributed by atoms with Crippen LogP contribution in [0.2, 0.25) is 5.02 Å². The van der Waals surface area contributed by atoms with Crippen LogP contribution < -0.4 is 4.74 Å². The summed E-state index contributed by atoms with van der Waals surface area (Å²) in [6.45, 7) is 2.01. The minimum Gasteiger partial charge on any atom is -0.481 e. The Balaban J connectivity index is 2.09. The molecule has 0 radical (unpaired) electrons. The number of benzene rings is 1. The second-order valence-corrected chi connectivity index (χ2v) is 6.70. The van der Waals surface area contributed by atoms with Gasteiger partial charge in [-0.25, -0.2) is 9.78 Å². The third-order valence-electron chi connectivity index (χ3n) is 4.36. The highest BCUT2D eigenvalue weighted by atomic mass is 35.5. The third kappa shape index (κ3) is 4.58. The van der Waals surface area contributed by atoms with Crippen LogP contribution in [-0.4, -0.2) is 40.2 Å². The summed E-state index contributed by atoms with van der Waals surface area (Å²) in [5.41, 5.74) is 2.70. The van der Waals surface area contributed by atoms with Crippen molar-refractivity contribution in [3.8, 4) is 17.0 Å². The number of ketones is 1. The zero-order chi connectivity index (χ0) is 21.7. The van der Waals surface area contributed by atoms with Gasteiger partial charge in [0.1, 0.15) is 5.69 Å². The fraction of sp³-hybridized carbons (Fsp3) is 0.182. The molecule has 0 spiro atoms. The normalized spacial score (nSPS) is 10.9. The standard InChI is InChI=1S/C22H20ClN3O4/c1-4-30-20(27)10-7-15-11-19(29-3)24-12-17(15)18-13-25-26(2)21(18)22(28)14-5-8-16(23)9-6-14/h5-13H,4H2,1-3H3/b10-7+. The average Bonchev–Trinajstić information content (AvgIpc) is 3.13. The summed E-state index contributed by atoms with van der Waals surface area (Å²) in [4.78, 5) is 29.2. The maximum absolute atomic E-state index is 13.2. The number of ether oxygens (including phenoxy) is 2. The summed E-state index contributed by atoms with van der Waals surface area (Å²) < 4.78 is 11.7. The minimum absolute atomic E-state index is 0.210. The van der Waals surface area contributed by atoms with E-state index in [1.165, 1.54) is 17.9 Å². The summed E-state index contributed by atoms with van der Waals surface area (Å²) in [5.74, 6) is -0.308. The van der Waals surface area contributed by atoms with Crippen LogP contribution in [0.15, 0.2) is 48.8 Å². The fourth-order valence-corrected chi connectivity index (χ4v) is 3.04. The molecule has 0 aliphatic heterocycles. The summed E-state index contributed by atoms with van der Waals surface area (Å²) >= 11 is 5.94. The van der Waals surface area contributed by atoms with E-state index in [0.29, 0.717) is 38.9 Å². The van der Waals surface area contributed by atoms with Crippen molar-refractivity contribution in [2.24, 2.45) is 7.05 Å². The lowest BCUT2D eigenvalue weighted by atomic mass is 9.98. The van der Waals surface area contributed by atoms with Crippen molar-refractivity contribution in [2.45, 2.75) is 6.92 Å². The number of rotatable bonds is 7. The van der Waals surface area contributed by atoms with Crippen molar-refractivity contribution in [1.29, 1.82) is 0 Å². The van der Waals surface area contributed by atoms with E-state index in [-0.39, 0.29) is 12.4 Å². The van der Waals surface area contributed by atoms with Gasteiger partial charge in [0.2, 0.25) is 11.7 Å². The number of carbonyl (C=O) groups is 2. The molecule has 0 saturated carbocycles. The molecule has 2 heterocycles. The quantitative estimate of drug-likeness (QED) is 0.324. The SMILES string of the molecule is CCOC(=O)/C=C/c1cc(OC)ncc1-c1cnn(C)c1C(=O)c1ccc(Cl)cc1. The number of aryl methyl sites for hydroxylation is 1. The number of carbonyl (C=O) groups excluding carboxylic acids is 2. The van der Waals surface area contributed by atoms with E-state index in [2.05, 4.69) is 10.1 Å². The number of esters is 1. The lowest BCUT2D eigenvalue weighted by Crippen LogP contribution is -2.10. The fourth-order valence-electron chi connectivity index (χ4n) is 2.92. The van der Waals surface area contributed by atoms with Gasteiger partial charge in [0.25, 0.3) is 0 Å². The Labute approximate surface area is 178 Å². The topological polar surface area (TPSA) is 83.3 Å². The monoisotopic (exact) mass is 425 g/mol. The predicted octanol–water partition coefficient (Wildman–Crippen LogP) is 3.95. The molecule has 2 aromatic heterocycles. The van der Waals surface area contributed by atoms with Gasteiger partial charge in [0.05, 0.1) is 19.9 Å². The number of halogens is 1. The van der Waals surface area contributed by atoms with Crippen molar-refractivity contribution < 1.29 is 19.1 Å². The van der Waals surface area contributed by atoms with Gasteiger partial charge in [-0.15, -0.1) is 0 Å². The second kappa shape index (κ2) is 9.37. The summed E-state index contributed by atoms with van der Waals surface area (Å²) in [6, 6.07) is 8.32. The molecule has 0 bridgehead atoms. The highest BCUT2D eigenvalue weighted by Crippen LogP contribution is 2.31. The first-order valence-corrected chi connectivity index (χ1v) is 9.54. The molecule has 3 aromatic rings. The van der Waals surface area contributed by atoms with Crippen molar-refractivity contribution >= 4 is 29.4 Å². The zero-order valence-corrected chi connectivity index (χ0v) is 17.5. The van der Waals surface area contributed by atoms with Gasteiger partial charge in [-0.05, 0) is 42.8 Å². The minimum atomic E-state index is -0.470. The molecule has 0 saturated heterocycles. The van der Waals surface area contributed by atoms with E-state index in [1.807, 2.05) is 0 Å². The van der Waals surface area contributed by atoms with Crippen molar-refractivity contribution in [1.82, 2.24) is 14.8 Å². The number of methoxy groups -OCH3 is 1. The number of pyridine rings is 1. The molecular weight excluding hydrogens is 406 g/mol. The van der Waals surface area contributed by atoms with Crippen LogP contribution in [0, 0.1) is 0 Å². The molecule has 0 fully saturated rings. The third-order valence-corrected chi connectivity index (χ3v) is 4.61. The largest absolute Gasteiger partial charge is 0.481 e. The van der Waals surface area contributed by atoms with Crippen molar-refractivity contribution in [3.05, 3.63) is 70.6 Å². The van der Waals surface area contributed by atoms with Crippen LogP contribution in [0.5, 0.6) is 5.88 Å². The first-order chi connectivity index (χ1) is 14.4. The Bertz CT molecular complexity index is 1100. The maximum Gasteiger partial charge on any atom is 0.330 e. The molecular formula is C22H20ClN3O4.